The summed E-state index contributed by atoms with van der Waals surface area (Å²) in [5.41, 5.74) is 8.43. The molecule has 3 nitrogen and oxygen atoms in total. The molecule has 1 heterocycles. The van der Waals surface area contributed by atoms with E-state index in [9.17, 15) is 0 Å². The third-order valence-corrected chi connectivity index (χ3v) is 3.60. The van der Waals surface area contributed by atoms with E-state index < -0.39 is 0 Å². The molecule has 0 bridgehead atoms. The van der Waals surface area contributed by atoms with Crippen molar-refractivity contribution < 1.29 is 0 Å². The lowest BCUT2D eigenvalue weighted by molar-refractivity contribution is 0.498. The molecule has 2 rings (SSSR count). The van der Waals surface area contributed by atoms with Crippen LogP contribution in [0.1, 0.15) is 32.0 Å². The molecule has 0 aliphatic heterocycles. The van der Waals surface area contributed by atoms with Gasteiger partial charge in [-0.15, -0.1) is 0 Å². The quantitative estimate of drug-likeness (QED) is 0.853. The zero-order chi connectivity index (χ0) is 13.1. The van der Waals surface area contributed by atoms with Crippen molar-refractivity contribution in [2.45, 2.75) is 26.3 Å². The van der Waals surface area contributed by atoms with Gasteiger partial charge in [0.25, 0.3) is 0 Å². The first kappa shape index (κ1) is 13.5. The fourth-order valence-corrected chi connectivity index (χ4v) is 2.39. The molecule has 0 saturated heterocycles. The van der Waals surface area contributed by atoms with Gasteiger partial charge < -0.3 is 10.3 Å². The van der Waals surface area contributed by atoms with E-state index in [1.54, 1.807) is 0 Å². The topological polar surface area (TPSA) is 43.8 Å². The van der Waals surface area contributed by atoms with E-state index in [-0.39, 0.29) is 6.04 Å². The second-order valence-electron chi connectivity index (χ2n) is 4.90. The van der Waals surface area contributed by atoms with Gasteiger partial charge in [0.1, 0.15) is 0 Å². The Balaban J connectivity index is 2.29. The number of rotatable bonds is 4. The number of hydrogen-bond donors (Lipinski definition) is 1. The third-order valence-electron chi connectivity index (χ3n) is 2.88. The summed E-state index contributed by atoms with van der Waals surface area (Å²) in [6, 6.07) is 8.40. The molecule has 0 aliphatic carbocycles. The minimum absolute atomic E-state index is 0.0341. The van der Waals surface area contributed by atoms with Crippen molar-refractivity contribution in [2.24, 2.45) is 11.7 Å². The van der Waals surface area contributed by atoms with Gasteiger partial charge in [0.15, 0.2) is 0 Å². The first-order valence-corrected chi connectivity index (χ1v) is 7.19. The maximum Gasteiger partial charge on any atom is 0.0994 e. The lowest BCUT2D eigenvalue weighted by Crippen LogP contribution is -2.16. The number of imidazole rings is 1. The summed E-state index contributed by atoms with van der Waals surface area (Å²) in [5.74, 6) is 0.583. The highest BCUT2D eigenvalue weighted by molar-refractivity contribution is 14.1. The number of hydrogen-bond acceptors (Lipinski definition) is 2. The predicted octanol–water partition coefficient (Wildman–Crippen LogP) is 3.52. The smallest absolute Gasteiger partial charge is 0.0994 e. The second-order valence-corrected chi connectivity index (χ2v) is 6.15. The Hall–Kier alpha value is -0.880. The molecule has 18 heavy (non-hydrogen) atoms. The van der Waals surface area contributed by atoms with E-state index in [2.05, 4.69) is 70.3 Å². The predicted molar refractivity (Wildman–Crippen MR) is 82.7 cm³/mol. The maximum absolute atomic E-state index is 6.25. The normalized spacial score (nSPS) is 12.9. The molecule has 1 aromatic heterocycles. The van der Waals surface area contributed by atoms with Crippen LogP contribution in [-0.4, -0.2) is 9.55 Å². The first-order valence-electron chi connectivity index (χ1n) is 6.11. The van der Waals surface area contributed by atoms with Crippen molar-refractivity contribution in [3.63, 3.8) is 0 Å². The van der Waals surface area contributed by atoms with Gasteiger partial charge in [-0.3, -0.25) is 0 Å². The van der Waals surface area contributed by atoms with Crippen molar-refractivity contribution in [3.05, 3.63) is 46.1 Å². The Labute approximate surface area is 122 Å². The minimum atomic E-state index is 0.0341. The van der Waals surface area contributed by atoms with E-state index in [1.807, 2.05) is 12.5 Å². The molecule has 1 aromatic carbocycles. The SMILES string of the molecule is CC(C)CC(N)c1cncn1-c1ccc(I)cc1. The molecule has 0 radical (unpaired) electrons. The van der Waals surface area contributed by atoms with Crippen LogP contribution in [-0.2, 0) is 0 Å². The number of aromatic nitrogens is 2. The van der Waals surface area contributed by atoms with Crippen molar-refractivity contribution in [3.8, 4) is 5.69 Å². The summed E-state index contributed by atoms with van der Waals surface area (Å²) in [4.78, 5) is 4.23. The maximum atomic E-state index is 6.25. The van der Waals surface area contributed by atoms with Crippen LogP contribution in [0.4, 0.5) is 0 Å². The van der Waals surface area contributed by atoms with Gasteiger partial charge in [-0.1, -0.05) is 13.8 Å². The molecule has 0 amide bonds. The average molecular weight is 355 g/mol. The van der Waals surface area contributed by atoms with Crippen molar-refractivity contribution in [1.29, 1.82) is 0 Å². The Bertz CT molecular complexity index is 502. The van der Waals surface area contributed by atoms with E-state index in [0.717, 1.165) is 17.8 Å². The summed E-state index contributed by atoms with van der Waals surface area (Å²) >= 11 is 2.30. The van der Waals surface area contributed by atoms with Gasteiger partial charge in [0, 0.05) is 15.3 Å². The van der Waals surface area contributed by atoms with Crippen LogP contribution in [0.25, 0.3) is 5.69 Å². The van der Waals surface area contributed by atoms with Crippen LogP contribution in [0.5, 0.6) is 0 Å². The molecule has 96 valence electrons. The Morgan fingerprint density at radius 1 is 1.28 bits per heavy atom. The molecule has 2 N–H and O–H groups in total. The van der Waals surface area contributed by atoms with E-state index in [4.69, 9.17) is 5.73 Å². The lowest BCUT2D eigenvalue weighted by Gasteiger charge is -2.16. The van der Waals surface area contributed by atoms with E-state index >= 15 is 0 Å². The monoisotopic (exact) mass is 355 g/mol. The van der Waals surface area contributed by atoms with Crippen LogP contribution in [0, 0.1) is 9.49 Å². The minimum Gasteiger partial charge on any atom is -0.323 e. The van der Waals surface area contributed by atoms with Crippen LogP contribution >= 0.6 is 22.6 Å². The molecule has 0 saturated carbocycles. The van der Waals surface area contributed by atoms with E-state index in [1.165, 1.54) is 3.57 Å². The summed E-state index contributed by atoms with van der Waals surface area (Å²) in [5, 5.41) is 0. The van der Waals surface area contributed by atoms with Crippen LogP contribution < -0.4 is 5.73 Å². The number of benzene rings is 1. The zero-order valence-electron chi connectivity index (χ0n) is 10.7. The summed E-state index contributed by atoms with van der Waals surface area (Å²) in [7, 11) is 0. The van der Waals surface area contributed by atoms with Crippen molar-refractivity contribution in [1.82, 2.24) is 9.55 Å². The van der Waals surface area contributed by atoms with Crippen LogP contribution in [0.3, 0.4) is 0 Å². The molecule has 0 fully saturated rings. The van der Waals surface area contributed by atoms with Crippen LogP contribution in [0.15, 0.2) is 36.8 Å². The Kier molecular flexibility index (Phi) is 4.40. The van der Waals surface area contributed by atoms with Crippen molar-refractivity contribution in [2.75, 3.05) is 0 Å². The highest BCUT2D eigenvalue weighted by Crippen LogP contribution is 2.22. The largest absolute Gasteiger partial charge is 0.323 e. The molecule has 1 atom stereocenters. The van der Waals surface area contributed by atoms with E-state index in [0.29, 0.717) is 5.92 Å². The zero-order valence-corrected chi connectivity index (χ0v) is 12.8. The van der Waals surface area contributed by atoms with Crippen LogP contribution in [0.2, 0.25) is 0 Å². The summed E-state index contributed by atoms with van der Waals surface area (Å²) in [6.45, 7) is 4.37. The number of nitrogens with zero attached hydrogens (tertiary/aromatic N) is 2. The number of halogens is 1. The van der Waals surface area contributed by atoms with Gasteiger partial charge in [0.2, 0.25) is 0 Å². The Morgan fingerprint density at radius 3 is 2.56 bits per heavy atom. The fraction of sp³-hybridized carbons (Fsp3) is 0.357. The average Bonchev–Trinajstić information content (AvgIpc) is 2.78. The van der Waals surface area contributed by atoms with Gasteiger partial charge >= 0.3 is 0 Å². The first-order chi connectivity index (χ1) is 8.58. The highest BCUT2D eigenvalue weighted by Gasteiger charge is 2.14. The number of nitrogens with two attached hydrogens (primary N) is 1. The van der Waals surface area contributed by atoms with Gasteiger partial charge in [-0.2, -0.15) is 0 Å². The summed E-state index contributed by atoms with van der Waals surface area (Å²) in [6.07, 6.45) is 4.67. The second kappa shape index (κ2) is 5.84. The lowest BCUT2D eigenvalue weighted by atomic mass is 10.0. The molecule has 0 aliphatic rings. The Morgan fingerprint density at radius 2 is 1.94 bits per heavy atom. The van der Waals surface area contributed by atoms with Gasteiger partial charge in [-0.25, -0.2) is 4.98 Å². The molecule has 0 spiro atoms. The highest BCUT2D eigenvalue weighted by atomic mass is 127. The van der Waals surface area contributed by atoms with Crippen molar-refractivity contribution >= 4 is 22.6 Å². The molecule has 2 aromatic rings. The third kappa shape index (κ3) is 3.11. The molecule has 4 heteroatoms. The molecular formula is C14H18IN3. The fourth-order valence-electron chi connectivity index (χ4n) is 2.03. The standard InChI is InChI=1S/C14H18IN3/c1-10(2)7-13(16)14-8-17-9-18(14)12-5-3-11(15)4-6-12/h3-6,8-10,13H,7,16H2,1-2H3. The van der Waals surface area contributed by atoms with Gasteiger partial charge in [0.05, 0.1) is 18.2 Å². The van der Waals surface area contributed by atoms with Gasteiger partial charge in [-0.05, 0) is 59.2 Å². The molecular weight excluding hydrogens is 337 g/mol. The molecule has 1 unspecified atom stereocenters. The summed E-state index contributed by atoms with van der Waals surface area (Å²) < 4.78 is 3.30.